The van der Waals surface area contributed by atoms with Crippen LogP contribution in [-0.4, -0.2) is 21.0 Å². The van der Waals surface area contributed by atoms with Crippen LogP contribution >= 0.6 is 15.9 Å². The highest BCUT2D eigenvalue weighted by atomic mass is 79.9. The summed E-state index contributed by atoms with van der Waals surface area (Å²) < 4.78 is 6.38. The van der Waals surface area contributed by atoms with Crippen LogP contribution in [0.2, 0.25) is 0 Å². The van der Waals surface area contributed by atoms with Crippen molar-refractivity contribution in [1.29, 1.82) is 0 Å². The first-order valence-corrected chi connectivity index (χ1v) is 3.91. The van der Waals surface area contributed by atoms with Crippen molar-refractivity contribution in [2.24, 2.45) is 7.05 Å². The van der Waals surface area contributed by atoms with E-state index < -0.39 is 6.16 Å². The Morgan fingerprint density at radius 2 is 2.33 bits per heavy atom. The van der Waals surface area contributed by atoms with E-state index in [0.717, 1.165) is 0 Å². The van der Waals surface area contributed by atoms with E-state index in [1.54, 1.807) is 14.0 Å². The summed E-state index contributed by atoms with van der Waals surface area (Å²) >= 11 is 3.16. The zero-order valence-corrected chi connectivity index (χ0v) is 8.12. The van der Waals surface area contributed by atoms with E-state index in [9.17, 15) is 4.79 Å². The van der Waals surface area contributed by atoms with Gasteiger partial charge < -0.3 is 9.84 Å². The zero-order chi connectivity index (χ0) is 9.30. The molecule has 66 valence electrons. The third kappa shape index (κ3) is 1.58. The first-order valence-electron chi connectivity index (χ1n) is 3.12. The summed E-state index contributed by atoms with van der Waals surface area (Å²) in [6.45, 7) is 1.75. The summed E-state index contributed by atoms with van der Waals surface area (Å²) in [6, 6.07) is 0. The average Bonchev–Trinajstić information content (AvgIpc) is 2.16. The molecule has 0 aliphatic rings. The lowest BCUT2D eigenvalue weighted by molar-refractivity contribution is 0.140. The molecule has 0 atom stereocenters. The van der Waals surface area contributed by atoms with Gasteiger partial charge in [0.25, 0.3) is 0 Å². The molecule has 0 spiro atoms. The molecular weight excluding hydrogens is 228 g/mol. The Hall–Kier alpha value is -1.04. The van der Waals surface area contributed by atoms with E-state index >= 15 is 0 Å². The molecule has 0 bridgehead atoms. The van der Waals surface area contributed by atoms with Crippen LogP contribution in [-0.2, 0) is 7.05 Å². The predicted molar refractivity (Wildman–Crippen MR) is 44.3 cm³/mol. The first-order chi connectivity index (χ1) is 5.52. The number of rotatable bonds is 1. The molecule has 1 heterocycles. The van der Waals surface area contributed by atoms with E-state index in [4.69, 9.17) is 5.11 Å². The maximum atomic E-state index is 10.2. The van der Waals surface area contributed by atoms with Crippen molar-refractivity contribution >= 4 is 22.1 Å². The summed E-state index contributed by atoms with van der Waals surface area (Å²) in [5.74, 6) is 0.194. The molecule has 0 saturated heterocycles. The topological polar surface area (TPSA) is 64.4 Å². The minimum absolute atomic E-state index is 0.194. The van der Waals surface area contributed by atoms with Gasteiger partial charge in [0.1, 0.15) is 4.47 Å². The van der Waals surface area contributed by atoms with Crippen LogP contribution in [0.3, 0.4) is 0 Å². The molecule has 0 amide bonds. The van der Waals surface area contributed by atoms with Gasteiger partial charge >= 0.3 is 6.16 Å². The van der Waals surface area contributed by atoms with E-state index in [1.165, 1.54) is 4.68 Å². The number of hydrogen-bond donors (Lipinski definition) is 1. The Morgan fingerprint density at radius 1 is 1.75 bits per heavy atom. The van der Waals surface area contributed by atoms with E-state index in [0.29, 0.717) is 10.2 Å². The summed E-state index contributed by atoms with van der Waals surface area (Å²) in [4.78, 5) is 10.2. The lowest BCUT2D eigenvalue weighted by Crippen LogP contribution is -2.07. The van der Waals surface area contributed by atoms with Gasteiger partial charge in [-0.1, -0.05) is 0 Å². The monoisotopic (exact) mass is 234 g/mol. The number of halogens is 1. The molecule has 0 aliphatic carbocycles. The van der Waals surface area contributed by atoms with Gasteiger partial charge in [-0.25, -0.2) is 9.48 Å². The highest BCUT2D eigenvalue weighted by Crippen LogP contribution is 2.27. The third-order valence-electron chi connectivity index (χ3n) is 1.28. The van der Waals surface area contributed by atoms with Crippen molar-refractivity contribution < 1.29 is 14.6 Å². The van der Waals surface area contributed by atoms with Crippen molar-refractivity contribution in [3.05, 3.63) is 10.2 Å². The molecule has 0 saturated carbocycles. The molecule has 6 heteroatoms. The Labute approximate surface area is 77.1 Å². The second-order valence-electron chi connectivity index (χ2n) is 2.20. The van der Waals surface area contributed by atoms with Crippen molar-refractivity contribution in [2.45, 2.75) is 6.92 Å². The Morgan fingerprint density at radius 3 is 2.67 bits per heavy atom. The average molecular weight is 235 g/mol. The quantitative estimate of drug-likeness (QED) is 0.750. The van der Waals surface area contributed by atoms with Gasteiger partial charge in [0.15, 0.2) is 0 Å². The van der Waals surface area contributed by atoms with Crippen molar-refractivity contribution in [1.82, 2.24) is 9.78 Å². The molecule has 1 aromatic heterocycles. The van der Waals surface area contributed by atoms with Crippen molar-refractivity contribution in [3.8, 4) is 5.88 Å². The molecule has 5 nitrogen and oxygen atoms in total. The van der Waals surface area contributed by atoms with Gasteiger partial charge in [-0.3, -0.25) is 0 Å². The smallest absolute Gasteiger partial charge is 0.449 e. The Bertz CT molecular complexity index is 321. The van der Waals surface area contributed by atoms with Crippen LogP contribution in [0.25, 0.3) is 0 Å². The fourth-order valence-corrected chi connectivity index (χ4v) is 1.22. The summed E-state index contributed by atoms with van der Waals surface area (Å²) in [6.07, 6.45) is -1.35. The van der Waals surface area contributed by atoms with Gasteiger partial charge in [0, 0.05) is 7.05 Å². The summed E-state index contributed by atoms with van der Waals surface area (Å²) in [5.41, 5.74) is 0.689. The maximum absolute atomic E-state index is 10.2. The van der Waals surface area contributed by atoms with E-state index in [-0.39, 0.29) is 5.88 Å². The molecule has 1 aromatic rings. The third-order valence-corrected chi connectivity index (χ3v) is 2.20. The number of carboxylic acid groups (broad SMARTS) is 1. The minimum atomic E-state index is -1.35. The number of aromatic nitrogens is 2. The van der Waals surface area contributed by atoms with Crippen LogP contribution in [0.1, 0.15) is 5.69 Å². The number of hydrogen-bond acceptors (Lipinski definition) is 3. The number of carbonyl (C=O) groups is 1. The van der Waals surface area contributed by atoms with E-state index in [1.807, 2.05) is 0 Å². The first kappa shape index (κ1) is 9.05. The number of aryl methyl sites for hydroxylation is 2. The lowest BCUT2D eigenvalue weighted by Gasteiger charge is -1.98. The molecule has 0 aromatic carbocycles. The van der Waals surface area contributed by atoms with Crippen molar-refractivity contribution in [2.75, 3.05) is 0 Å². The molecule has 0 radical (unpaired) electrons. The highest BCUT2D eigenvalue weighted by Gasteiger charge is 2.14. The van der Waals surface area contributed by atoms with Crippen molar-refractivity contribution in [3.63, 3.8) is 0 Å². The molecule has 0 unspecified atom stereocenters. The SMILES string of the molecule is Cc1nn(C)c(OC(=O)O)c1Br. The minimum Gasteiger partial charge on any atom is -0.449 e. The van der Waals surface area contributed by atoms with Gasteiger partial charge in [-0.15, -0.1) is 0 Å². The second-order valence-corrected chi connectivity index (χ2v) is 2.99. The van der Waals surface area contributed by atoms with Crippen LogP contribution in [0.15, 0.2) is 4.47 Å². The normalized spacial score (nSPS) is 9.92. The summed E-state index contributed by atoms with van der Waals surface area (Å²) in [5, 5.41) is 12.3. The van der Waals surface area contributed by atoms with Crippen LogP contribution in [0.4, 0.5) is 4.79 Å². The predicted octanol–water partition coefficient (Wildman–Crippen LogP) is 1.55. The molecule has 0 fully saturated rings. The van der Waals surface area contributed by atoms with Gasteiger partial charge in [-0.05, 0) is 22.9 Å². The summed E-state index contributed by atoms with van der Waals surface area (Å²) in [7, 11) is 1.61. The fourth-order valence-electron chi connectivity index (χ4n) is 0.805. The second kappa shape index (κ2) is 3.14. The van der Waals surface area contributed by atoms with E-state index in [2.05, 4.69) is 25.8 Å². The number of nitrogens with zero attached hydrogens (tertiary/aromatic N) is 2. The van der Waals surface area contributed by atoms with Crippen LogP contribution in [0, 0.1) is 6.92 Å². The maximum Gasteiger partial charge on any atom is 0.512 e. The van der Waals surface area contributed by atoms with Crippen LogP contribution in [0.5, 0.6) is 5.88 Å². The van der Waals surface area contributed by atoms with Gasteiger partial charge in [-0.2, -0.15) is 5.10 Å². The standard InChI is InChI=1S/C6H7BrN2O3/c1-3-4(7)5(9(2)8-3)12-6(10)11/h1-2H3,(H,10,11). The largest absolute Gasteiger partial charge is 0.512 e. The molecule has 1 N–H and O–H groups in total. The zero-order valence-electron chi connectivity index (χ0n) is 6.54. The Kier molecular flexibility index (Phi) is 2.37. The lowest BCUT2D eigenvalue weighted by atomic mass is 10.5. The molecular formula is C6H7BrN2O3. The van der Waals surface area contributed by atoms with Crippen LogP contribution < -0.4 is 4.74 Å². The Balaban J connectivity index is 3.05. The molecule has 1 rings (SSSR count). The fraction of sp³-hybridized carbons (Fsp3) is 0.333. The molecule has 0 aliphatic heterocycles. The highest BCUT2D eigenvalue weighted by molar-refractivity contribution is 9.10. The molecule has 12 heavy (non-hydrogen) atoms. The van der Waals surface area contributed by atoms with Gasteiger partial charge in [0.05, 0.1) is 5.69 Å². The van der Waals surface area contributed by atoms with Gasteiger partial charge in [0.2, 0.25) is 5.88 Å². The number of ether oxygens (including phenoxy) is 1.